The summed E-state index contributed by atoms with van der Waals surface area (Å²) in [6, 6.07) is 9.06. The largest absolute Gasteiger partial charge is 0.306 e. The molecule has 3 rings (SSSR count). The average Bonchev–Trinajstić information content (AvgIpc) is 2.87. The van der Waals surface area contributed by atoms with Crippen molar-refractivity contribution in [1.29, 1.82) is 0 Å². The molecular weight excluding hydrogens is 248 g/mol. The monoisotopic (exact) mass is 260 g/mol. The Kier molecular flexibility index (Phi) is 2.85. The van der Waals surface area contributed by atoms with Gasteiger partial charge in [0, 0.05) is 23.6 Å². The van der Waals surface area contributed by atoms with Crippen molar-refractivity contribution < 1.29 is 4.92 Å². The van der Waals surface area contributed by atoms with Gasteiger partial charge in [0.2, 0.25) is 0 Å². The Hall–Kier alpha value is -1.72. The predicted molar refractivity (Wildman–Crippen MR) is 71.0 cm³/mol. The van der Waals surface area contributed by atoms with Gasteiger partial charge in [0.1, 0.15) is 0 Å². The van der Waals surface area contributed by atoms with E-state index >= 15 is 0 Å². The maximum atomic E-state index is 10.8. The first-order valence-electron chi connectivity index (χ1n) is 5.80. The molecule has 1 unspecified atom stereocenters. The molecule has 1 aliphatic heterocycles. The zero-order valence-electron chi connectivity index (χ0n) is 9.63. The molecule has 1 aromatic carbocycles. The highest BCUT2D eigenvalue weighted by Crippen LogP contribution is 2.33. The molecule has 0 aliphatic carbocycles. The van der Waals surface area contributed by atoms with Crippen molar-refractivity contribution in [3.05, 3.63) is 61.8 Å². The lowest BCUT2D eigenvalue weighted by molar-refractivity contribution is -0.384. The average molecular weight is 260 g/mol. The predicted octanol–water partition coefficient (Wildman–Crippen LogP) is 2.89. The minimum absolute atomic E-state index is 0.0832. The third-order valence-corrected chi connectivity index (χ3v) is 4.20. The number of non-ortho nitro benzene ring substituents is 1. The van der Waals surface area contributed by atoms with Crippen LogP contribution >= 0.6 is 11.3 Å². The molecule has 2 aromatic rings. The van der Waals surface area contributed by atoms with Crippen LogP contribution in [0.3, 0.4) is 0 Å². The second-order valence-corrected chi connectivity index (χ2v) is 5.29. The first kappa shape index (κ1) is 11.4. The number of fused-ring (bicyclic) bond motifs is 1. The van der Waals surface area contributed by atoms with Gasteiger partial charge in [-0.15, -0.1) is 11.3 Å². The second kappa shape index (κ2) is 4.51. The number of thiophene rings is 1. The molecule has 0 fully saturated rings. The molecule has 0 bridgehead atoms. The van der Waals surface area contributed by atoms with E-state index in [1.807, 2.05) is 6.07 Å². The number of benzene rings is 1. The molecule has 0 saturated heterocycles. The molecular formula is C13H12N2O2S. The van der Waals surface area contributed by atoms with E-state index in [9.17, 15) is 10.1 Å². The Morgan fingerprint density at radius 3 is 3.11 bits per heavy atom. The van der Waals surface area contributed by atoms with Gasteiger partial charge in [-0.2, -0.15) is 0 Å². The molecule has 0 amide bonds. The molecule has 92 valence electrons. The van der Waals surface area contributed by atoms with Crippen molar-refractivity contribution in [1.82, 2.24) is 5.32 Å². The highest BCUT2D eigenvalue weighted by atomic mass is 32.1. The zero-order chi connectivity index (χ0) is 12.5. The number of nitro benzene ring substituents is 1. The summed E-state index contributed by atoms with van der Waals surface area (Å²) in [5.74, 6) is 0. The summed E-state index contributed by atoms with van der Waals surface area (Å²) in [4.78, 5) is 11.9. The van der Waals surface area contributed by atoms with Gasteiger partial charge >= 0.3 is 0 Å². The first-order valence-corrected chi connectivity index (χ1v) is 6.67. The number of nitrogens with one attached hydrogen (secondary N) is 1. The van der Waals surface area contributed by atoms with Gasteiger partial charge < -0.3 is 5.32 Å². The Labute approximate surface area is 108 Å². The number of hydrogen-bond donors (Lipinski definition) is 1. The van der Waals surface area contributed by atoms with Crippen LogP contribution in [0.4, 0.5) is 5.69 Å². The van der Waals surface area contributed by atoms with Gasteiger partial charge in [0.25, 0.3) is 5.69 Å². The molecule has 0 saturated carbocycles. The highest BCUT2D eigenvalue weighted by Gasteiger charge is 2.23. The van der Waals surface area contributed by atoms with Crippen LogP contribution in [-0.2, 0) is 6.42 Å². The fourth-order valence-corrected chi connectivity index (χ4v) is 3.29. The van der Waals surface area contributed by atoms with Gasteiger partial charge in [-0.25, -0.2) is 0 Å². The second-order valence-electron chi connectivity index (χ2n) is 4.29. The van der Waals surface area contributed by atoms with Gasteiger partial charge in [-0.1, -0.05) is 12.1 Å². The van der Waals surface area contributed by atoms with Gasteiger partial charge in [-0.05, 0) is 29.0 Å². The quantitative estimate of drug-likeness (QED) is 0.667. The fraction of sp³-hybridized carbons (Fsp3) is 0.231. The normalized spacial score (nSPS) is 18.3. The third kappa shape index (κ3) is 1.91. The fourth-order valence-electron chi connectivity index (χ4n) is 2.37. The molecule has 1 aromatic heterocycles. The Bertz CT molecular complexity index is 594. The smallest absolute Gasteiger partial charge is 0.269 e. The van der Waals surface area contributed by atoms with Crippen LogP contribution in [0, 0.1) is 10.1 Å². The molecule has 1 aliphatic rings. The highest BCUT2D eigenvalue weighted by molar-refractivity contribution is 7.10. The van der Waals surface area contributed by atoms with E-state index < -0.39 is 0 Å². The molecule has 1 atom stereocenters. The van der Waals surface area contributed by atoms with Crippen LogP contribution in [0.5, 0.6) is 0 Å². The number of nitro groups is 1. The molecule has 2 heterocycles. The maximum absolute atomic E-state index is 10.8. The minimum atomic E-state index is -0.346. The molecule has 18 heavy (non-hydrogen) atoms. The van der Waals surface area contributed by atoms with Crippen LogP contribution in [0.15, 0.2) is 35.7 Å². The van der Waals surface area contributed by atoms with Crippen molar-refractivity contribution in [3.63, 3.8) is 0 Å². The van der Waals surface area contributed by atoms with E-state index in [4.69, 9.17) is 0 Å². The Balaban J connectivity index is 2.02. The van der Waals surface area contributed by atoms with E-state index in [2.05, 4.69) is 16.8 Å². The SMILES string of the molecule is O=[N+]([O-])c1cccc(C2NCCc3sccc32)c1. The summed E-state index contributed by atoms with van der Waals surface area (Å²) in [7, 11) is 0. The van der Waals surface area contributed by atoms with E-state index in [1.54, 1.807) is 23.5 Å². The summed E-state index contributed by atoms with van der Waals surface area (Å²) < 4.78 is 0. The van der Waals surface area contributed by atoms with Crippen LogP contribution in [0.25, 0.3) is 0 Å². The lowest BCUT2D eigenvalue weighted by atomic mass is 9.95. The van der Waals surface area contributed by atoms with E-state index in [0.717, 1.165) is 18.5 Å². The van der Waals surface area contributed by atoms with E-state index in [-0.39, 0.29) is 16.7 Å². The minimum Gasteiger partial charge on any atom is -0.306 e. The molecule has 0 radical (unpaired) electrons. The van der Waals surface area contributed by atoms with Crippen molar-refractivity contribution >= 4 is 17.0 Å². The Morgan fingerprint density at radius 2 is 2.28 bits per heavy atom. The van der Waals surface area contributed by atoms with Crippen LogP contribution in [0.2, 0.25) is 0 Å². The standard InChI is InChI=1S/C13H12N2O2S/c16-15(17)10-3-1-2-9(8-10)13-11-5-7-18-12(11)4-6-14-13/h1-3,5,7-8,13-14H,4,6H2. The van der Waals surface area contributed by atoms with Gasteiger partial charge in [0.05, 0.1) is 11.0 Å². The Morgan fingerprint density at radius 1 is 1.39 bits per heavy atom. The summed E-state index contributed by atoms with van der Waals surface area (Å²) in [6.45, 7) is 0.918. The number of nitrogens with zero attached hydrogens (tertiary/aromatic N) is 1. The number of rotatable bonds is 2. The van der Waals surface area contributed by atoms with Crippen LogP contribution in [-0.4, -0.2) is 11.5 Å². The molecule has 4 nitrogen and oxygen atoms in total. The molecule has 0 spiro atoms. The van der Waals surface area contributed by atoms with Gasteiger partial charge in [-0.3, -0.25) is 10.1 Å². The maximum Gasteiger partial charge on any atom is 0.269 e. The van der Waals surface area contributed by atoms with E-state index in [0.29, 0.717) is 0 Å². The lowest BCUT2D eigenvalue weighted by Crippen LogP contribution is -2.29. The van der Waals surface area contributed by atoms with Crippen molar-refractivity contribution in [2.45, 2.75) is 12.5 Å². The van der Waals surface area contributed by atoms with Gasteiger partial charge in [0.15, 0.2) is 0 Å². The number of hydrogen-bond acceptors (Lipinski definition) is 4. The zero-order valence-corrected chi connectivity index (χ0v) is 10.4. The third-order valence-electron chi connectivity index (χ3n) is 3.21. The lowest BCUT2D eigenvalue weighted by Gasteiger charge is -2.24. The molecule has 5 heteroatoms. The first-order chi connectivity index (χ1) is 8.75. The van der Waals surface area contributed by atoms with Crippen molar-refractivity contribution in [2.75, 3.05) is 6.54 Å². The summed E-state index contributed by atoms with van der Waals surface area (Å²) in [5.41, 5.74) is 2.37. The summed E-state index contributed by atoms with van der Waals surface area (Å²) in [5, 5.41) is 16.3. The topological polar surface area (TPSA) is 55.2 Å². The van der Waals surface area contributed by atoms with Crippen LogP contribution in [0.1, 0.15) is 22.0 Å². The summed E-state index contributed by atoms with van der Waals surface area (Å²) >= 11 is 1.76. The van der Waals surface area contributed by atoms with Crippen molar-refractivity contribution in [2.24, 2.45) is 0 Å². The van der Waals surface area contributed by atoms with Crippen molar-refractivity contribution in [3.8, 4) is 0 Å². The molecule has 1 N–H and O–H groups in total. The van der Waals surface area contributed by atoms with E-state index in [1.165, 1.54) is 16.5 Å². The summed E-state index contributed by atoms with van der Waals surface area (Å²) in [6.07, 6.45) is 1.04. The van der Waals surface area contributed by atoms with Crippen LogP contribution < -0.4 is 5.32 Å².